The van der Waals surface area contributed by atoms with Gasteiger partial charge in [-0.15, -0.1) is 11.3 Å². The van der Waals surface area contributed by atoms with Gasteiger partial charge in [0.15, 0.2) is 0 Å². The van der Waals surface area contributed by atoms with Crippen LogP contribution < -0.4 is 10.2 Å². The Morgan fingerprint density at radius 1 is 1.33 bits per heavy atom. The number of piperazine rings is 1. The molecule has 0 spiro atoms. The van der Waals surface area contributed by atoms with E-state index < -0.39 is 0 Å². The van der Waals surface area contributed by atoms with Crippen LogP contribution in [0.5, 0.6) is 0 Å². The zero-order valence-corrected chi connectivity index (χ0v) is 11.6. The van der Waals surface area contributed by atoms with Crippen LogP contribution in [0.2, 0.25) is 0 Å². The lowest BCUT2D eigenvalue weighted by Crippen LogP contribution is -2.43. The van der Waals surface area contributed by atoms with Crippen molar-refractivity contribution in [1.82, 2.24) is 10.3 Å². The molecule has 2 heterocycles. The van der Waals surface area contributed by atoms with Crippen molar-refractivity contribution in [3.05, 3.63) is 23.2 Å². The first-order valence-electron chi connectivity index (χ1n) is 6.72. The molecule has 0 bridgehead atoms. The minimum Gasteiger partial charge on any atom is -0.369 e. The van der Waals surface area contributed by atoms with Crippen LogP contribution in [0.1, 0.15) is 18.4 Å². The highest BCUT2D eigenvalue weighted by Crippen LogP contribution is 2.27. The lowest BCUT2D eigenvalue weighted by Gasteiger charge is -2.29. The molecule has 3 nitrogen and oxygen atoms in total. The van der Waals surface area contributed by atoms with E-state index in [1.165, 1.54) is 27.3 Å². The summed E-state index contributed by atoms with van der Waals surface area (Å²) in [6.45, 7) is 6.56. The van der Waals surface area contributed by atoms with Crippen LogP contribution >= 0.6 is 11.3 Å². The summed E-state index contributed by atoms with van der Waals surface area (Å²) in [5.74, 6) is 0. The van der Waals surface area contributed by atoms with E-state index in [9.17, 15) is 0 Å². The number of aryl methyl sites for hydroxylation is 1. The van der Waals surface area contributed by atoms with Gasteiger partial charge in [-0.3, -0.25) is 0 Å². The molecular formula is C14H19N3S. The van der Waals surface area contributed by atoms with Gasteiger partial charge >= 0.3 is 0 Å². The van der Waals surface area contributed by atoms with Gasteiger partial charge in [-0.2, -0.15) is 0 Å². The summed E-state index contributed by atoms with van der Waals surface area (Å²) >= 11 is 1.84. The van der Waals surface area contributed by atoms with Crippen LogP contribution in [-0.4, -0.2) is 31.2 Å². The average Bonchev–Trinajstić information content (AvgIpc) is 2.81. The van der Waals surface area contributed by atoms with E-state index in [2.05, 4.69) is 35.3 Å². The van der Waals surface area contributed by atoms with E-state index in [1.54, 1.807) is 0 Å². The normalized spacial score (nSPS) is 16.4. The summed E-state index contributed by atoms with van der Waals surface area (Å²) in [6.07, 6.45) is 2.27. The minimum atomic E-state index is 1.08. The second-order valence-electron chi connectivity index (χ2n) is 4.75. The number of thiazole rings is 1. The fraction of sp³-hybridized carbons (Fsp3) is 0.500. The molecular weight excluding hydrogens is 242 g/mol. The third-order valence-corrected chi connectivity index (χ3v) is 4.46. The van der Waals surface area contributed by atoms with Gasteiger partial charge in [0.05, 0.1) is 15.2 Å². The van der Waals surface area contributed by atoms with E-state index >= 15 is 0 Å². The van der Waals surface area contributed by atoms with Gasteiger partial charge in [0.1, 0.15) is 0 Å². The van der Waals surface area contributed by atoms with Crippen molar-refractivity contribution < 1.29 is 0 Å². The predicted molar refractivity (Wildman–Crippen MR) is 78.7 cm³/mol. The summed E-state index contributed by atoms with van der Waals surface area (Å²) in [7, 11) is 0. The maximum atomic E-state index is 4.73. The van der Waals surface area contributed by atoms with Crippen molar-refractivity contribution in [2.45, 2.75) is 19.8 Å². The molecule has 4 heteroatoms. The highest BCUT2D eigenvalue weighted by atomic mass is 32.1. The van der Waals surface area contributed by atoms with Gasteiger partial charge in [-0.1, -0.05) is 6.92 Å². The monoisotopic (exact) mass is 261 g/mol. The fourth-order valence-corrected chi connectivity index (χ4v) is 3.45. The number of hydrogen-bond donors (Lipinski definition) is 1. The number of fused-ring (bicyclic) bond motifs is 1. The van der Waals surface area contributed by atoms with Crippen molar-refractivity contribution in [2.75, 3.05) is 31.1 Å². The molecule has 1 aromatic carbocycles. The van der Waals surface area contributed by atoms with Crippen molar-refractivity contribution in [3.63, 3.8) is 0 Å². The molecule has 0 amide bonds. The van der Waals surface area contributed by atoms with Gasteiger partial charge < -0.3 is 10.2 Å². The number of hydrogen-bond acceptors (Lipinski definition) is 4. The predicted octanol–water partition coefficient (Wildman–Crippen LogP) is 2.66. The Hall–Kier alpha value is -1.13. The Morgan fingerprint density at radius 2 is 2.17 bits per heavy atom. The molecule has 96 valence electrons. The molecule has 1 aromatic heterocycles. The smallest absolute Gasteiger partial charge is 0.0938 e. The van der Waals surface area contributed by atoms with Gasteiger partial charge in [0, 0.05) is 31.9 Å². The number of anilines is 1. The molecule has 1 saturated heterocycles. The van der Waals surface area contributed by atoms with Crippen LogP contribution in [0.3, 0.4) is 0 Å². The number of nitrogens with one attached hydrogen (secondary N) is 1. The summed E-state index contributed by atoms with van der Waals surface area (Å²) in [6, 6.07) is 6.71. The molecule has 1 fully saturated rings. The van der Waals surface area contributed by atoms with Gasteiger partial charge in [-0.25, -0.2) is 4.98 Å². The third kappa shape index (κ3) is 2.35. The first-order chi connectivity index (χ1) is 8.86. The first-order valence-corrected chi connectivity index (χ1v) is 7.53. The summed E-state index contributed by atoms with van der Waals surface area (Å²) < 4.78 is 1.32. The Labute approximate surface area is 112 Å². The van der Waals surface area contributed by atoms with Crippen LogP contribution in [-0.2, 0) is 6.42 Å². The molecule has 1 aliphatic rings. The van der Waals surface area contributed by atoms with Crippen LogP contribution in [0.25, 0.3) is 10.2 Å². The lowest BCUT2D eigenvalue weighted by atomic mass is 10.2. The Kier molecular flexibility index (Phi) is 3.48. The van der Waals surface area contributed by atoms with Crippen molar-refractivity contribution >= 4 is 27.2 Å². The average molecular weight is 261 g/mol. The van der Waals surface area contributed by atoms with Gasteiger partial charge in [0.2, 0.25) is 0 Å². The number of aromatic nitrogens is 1. The molecule has 0 unspecified atom stereocenters. The van der Waals surface area contributed by atoms with Crippen molar-refractivity contribution in [3.8, 4) is 0 Å². The second-order valence-corrected chi connectivity index (χ2v) is 5.86. The molecule has 2 aromatic rings. The first kappa shape index (κ1) is 11.9. The summed E-state index contributed by atoms with van der Waals surface area (Å²) in [4.78, 5) is 7.17. The topological polar surface area (TPSA) is 28.2 Å². The van der Waals surface area contributed by atoms with Crippen LogP contribution in [0, 0.1) is 0 Å². The van der Waals surface area contributed by atoms with E-state index in [4.69, 9.17) is 4.98 Å². The lowest BCUT2D eigenvalue weighted by molar-refractivity contribution is 0.589. The van der Waals surface area contributed by atoms with E-state index in [0.29, 0.717) is 0 Å². The molecule has 3 rings (SSSR count). The molecule has 1 aliphatic heterocycles. The maximum Gasteiger partial charge on any atom is 0.0938 e. The number of nitrogens with zero attached hydrogens (tertiary/aromatic N) is 2. The number of benzene rings is 1. The van der Waals surface area contributed by atoms with Gasteiger partial charge in [-0.05, 0) is 31.0 Å². The molecule has 0 aliphatic carbocycles. The van der Waals surface area contributed by atoms with E-state index in [1.807, 2.05) is 11.3 Å². The fourth-order valence-electron chi connectivity index (χ4n) is 2.40. The van der Waals surface area contributed by atoms with Gasteiger partial charge in [0.25, 0.3) is 0 Å². The zero-order valence-electron chi connectivity index (χ0n) is 10.8. The zero-order chi connectivity index (χ0) is 12.4. The molecule has 0 atom stereocenters. The molecule has 0 saturated carbocycles. The largest absolute Gasteiger partial charge is 0.369 e. The second kappa shape index (κ2) is 5.24. The summed E-state index contributed by atoms with van der Waals surface area (Å²) in [5.41, 5.74) is 2.48. The molecule has 18 heavy (non-hydrogen) atoms. The molecule has 0 radical (unpaired) electrons. The van der Waals surface area contributed by atoms with Crippen LogP contribution in [0.4, 0.5) is 5.69 Å². The van der Waals surface area contributed by atoms with Crippen molar-refractivity contribution in [2.24, 2.45) is 0 Å². The quantitative estimate of drug-likeness (QED) is 0.920. The number of rotatable bonds is 3. The Balaban J connectivity index is 1.89. The highest BCUT2D eigenvalue weighted by Gasteiger charge is 2.12. The minimum absolute atomic E-state index is 1.08. The van der Waals surface area contributed by atoms with Crippen molar-refractivity contribution in [1.29, 1.82) is 0 Å². The standard InChI is InChI=1S/C14H19N3S/c1-2-3-14-16-12-10-11(4-5-13(12)18-14)17-8-6-15-7-9-17/h4-5,10,15H,2-3,6-9H2,1H3. The highest BCUT2D eigenvalue weighted by molar-refractivity contribution is 7.18. The van der Waals surface area contributed by atoms with E-state index in [-0.39, 0.29) is 0 Å². The van der Waals surface area contributed by atoms with E-state index in [0.717, 1.165) is 32.6 Å². The third-order valence-electron chi connectivity index (χ3n) is 3.36. The Bertz CT molecular complexity index is 529. The van der Waals surface area contributed by atoms with Crippen LogP contribution in [0.15, 0.2) is 18.2 Å². The Morgan fingerprint density at radius 3 is 2.94 bits per heavy atom. The summed E-state index contributed by atoms with van der Waals surface area (Å²) in [5, 5.41) is 4.66. The molecule has 1 N–H and O–H groups in total. The SMILES string of the molecule is CCCc1nc2cc(N3CCNCC3)ccc2s1. The maximum absolute atomic E-state index is 4.73.